The van der Waals surface area contributed by atoms with E-state index in [1.165, 1.54) is 17.7 Å². The molecule has 2 aromatic heterocycles. The van der Waals surface area contributed by atoms with E-state index in [1.54, 1.807) is 18.2 Å². The first-order valence-corrected chi connectivity index (χ1v) is 10.6. The predicted octanol–water partition coefficient (Wildman–Crippen LogP) is 3.24. The van der Waals surface area contributed by atoms with Crippen LogP contribution in [0.4, 0.5) is 0 Å². The molecule has 1 amide bonds. The standard InChI is InChI=1S/C24H22N4O4S/c1-3-10-28-22(30)17-9-8-14(11-19(17)27-24(28)33)21(29)26-20(23(31)32-2)12-15-13-25-18-7-5-4-6-16(15)18/h3-9,11,13,20,25H,1,10,12H2,2H3,(H,26,29)(H,27,33)/t20-/m1/s1. The minimum Gasteiger partial charge on any atom is -0.467 e. The Bertz CT molecular complexity index is 1500. The number of hydrogen-bond donors (Lipinski definition) is 3. The van der Waals surface area contributed by atoms with E-state index in [0.717, 1.165) is 16.5 Å². The molecule has 0 spiro atoms. The number of carbonyl (C=O) groups is 2. The lowest BCUT2D eigenvalue weighted by atomic mass is 10.0. The molecule has 0 saturated heterocycles. The van der Waals surface area contributed by atoms with Crippen molar-refractivity contribution in [3.05, 3.63) is 87.6 Å². The van der Waals surface area contributed by atoms with Gasteiger partial charge in [-0.3, -0.25) is 14.2 Å². The van der Waals surface area contributed by atoms with E-state index in [1.807, 2.05) is 30.5 Å². The number of aromatic amines is 2. The number of methoxy groups -OCH3 is 1. The van der Waals surface area contributed by atoms with Crippen molar-refractivity contribution < 1.29 is 14.3 Å². The smallest absolute Gasteiger partial charge is 0.328 e. The number of benzene rings is 2. The van der Waals surface area contributed by atoms with E-state index >= 15 is 0 Å². The van der Waals surface area contributed by atoms with Crippen LogP contribution < -0.4 is 10.9 Å². The Labute approximate surface area is 193 Å². The number of allylic oxidation sites excluding steroid dienone is 1. The Hall–Kier alpha value is -3.98. The minimum atomic E-state index is -0.892. The average Bonchev–Trinajstić information content (AvgIpc) is 3.23. The second kappa shape index (κ2) is 9.25. The van der Waals surface area contributed by atoms with Crippen LogP contribution in [-0.4, -0.2) is 39.6 Å². The summed E-state index contributed by atoms with van der Waals surface area (Å²) in [6.07, 6.45) is 3.65. The number of rotatable bonds is 7. The molecule has 4 rings (SSSR count). The molecule has 168 valence electrons. The first-order chi connectivity index (χ1) is 15.9. The van der Waals surface area contributed by atoms with Crippen LogP contribution in [0.25, 0.3) is 21.8 Å². The van der Waals surface area contributed by atoms with E-state index in [2.05, 4.69) is 21.9 Å². The van der Waals surface area contributed by atoms with Crippen LogP contribution >= 0.6 is 12.2 Å². The third-order valence-electron chi connectivity index (χ3n) is 5.45. The molecule has 33 heavy (non-hydrogen) atoms. The van der Waals surface area contributed by atoms with Gasteiger partial charge in [0.15, 0.2) is 4.77 Å². The maximum Gasteiger partial charge on any atom is 0.328 e. The van der Waals surface area contributed by atoms with Crippen LogP contribution in [0, 0.1) is 4.77 Å². The third-order valence-corrected chi connectivity index (χ3v) is 5.77. The number of nitrogens with zero attached hydrogens (tertiary/aromatic N) is 1. The average molecular weight is 463 g/mol. The van der Waals surface area contributed by atoms with Gasteiger partial charge in [-0.05, 0) is 42.0 Å². The lowest BCUT2D eigenvalue weighted by Gasteiger charge is -2.16. The van der Waals surface area contributed by atoms with Crippen LogP contribution in [-0.2, 0) is 22.5 Å². The lowest BCUT2D eigenvalue weighted by molar-refractivity contribution is -0.142. The molecule has 3 N–H and O–H groups in total. The lowest BCUT2D eigenvalue weighted by Crippen LogP contribution is -2.43. The molecule has 0 saturated carbocycles. The first-order valence-electron chi connectivity index (χ1n) is 10.2. The first kappa shape index (κ1) is 22.2. The number of ether oxygens (including phenoxy) is 1. The zero-order valence-corrected chi connectivity index (χ0v) is 18.7. The van der Waals surface area contributed by atoms with Crippen LogP contribution in [0.2, 0.25) is 0 Å². The van der Waals surface area contributed by atoms with Crippen LogP contribution in [0.1, 0.15) is 15.9 Å². The molecular weight excluding hydrogens is 440 g/mol. The molecule has 0 fully saturated rings. The molecule has 0 aliphatic rings. The summed E-state index contributed by atoms with van der Waals surface area (Å²) in [6.45, 7) is 3.91. The number of amides is 1. The van der Waals surface area contributed by atoms with Gasteiger partial charge in [-0.15, -0.1) is 6.58 Å². The summed E-state index contributed by atoms with van der Waals surface area (Å²) in [5.74, 6) is -1.03. The van der Waals surface area contributed by atoms with E-state index in [0.29, 0.717) is 10.9 Å². The number of nitrogens with one attached hydrogen (secondary N) is 3. The Kier molecular flexibility index (Phi) is 6.23. The summed E-state index contributed by atoms with van der Waals surface area (Å²) < 4.78 is 6.53. The van der Waals surface area contributed by atoms with E-state index in [9.17, 15) is 14.4 Å². The highest BCUT2D eigenvalue weighted by Crippen LogP contribution is 2.20. The summed E-state index contributed by atoms with van der Waals surface area (Å²) >= 11 is 5.26. The summed E-state index contributed by atoms with van der Waals surface area (Å²) in [5.41, 5.74) is 2.26. The Morgan fingerprint density at radius 1 is 1.21 bits per heavy atom. The molecular formula is C24H22N4O4S. The number of fused-ring (bicyclic) bond motifs is 2. The highest BCUT2D eigenvalue weighted by atomic mass is 32.1. The Morgan fingerprint density at radius 2 is 2.00 bits per heavy atom. The predicted molar refractivity (Wildman–Crippen MR) is 129 cm³/mol. The molecule has 0 unspecified atom stereocenters. The SMILES string of the molecule is C=CCn1c(=S)[nH]c2cc(C(=O)N[C@H](Cc3c[nH]c4ccccc34)C(=O)OC)ccc2c1=O. The van der Waals surface area contributed by atoms with Gasteiger partial charge in [0.05, 0.1) is 18.0 Å². The maximum absolute atomic E-state index is 13.0. The van der Waals surface area contributed by atoms with Crippen molar-refractivity contribution in [2.24, 2.45) is 0 Å². The Morgan fingerprint density at radius 3 is 2.76 bits per heavy atom. The highest BCUT2D eigenvalue weighted by molar-refractivity contribution is 7.71. The highest BCUT2D eigenvalue weighted by Gasteiger charge is 2.24. The van der Waals surface area contributed by atoms with Gasteiger partial charge >= 0.3 is 5.97 Å². The van der Waals surface area contributed by atoms with Gasteiger partial charge < -0.3 is 20.0 Å². The molecule has 0 bridgehead atoms. The van der Waals surface area contributed by atoms with Crippen LogP contribution in [0.3, 0.4) is 0 Å². The molecule has 2 aromatic carbocycles. The Balaban J connectivity index is 1.63. The van der Waals surface area contributed by atoms with Crippen molar-refractivity contribution in [2.75, 3.05) is 7.11 Å². The largest absolute Gasteiger partial charge is 0.467 e. The summed E-state index contributed by atoms with van der Waals surface area (Å²) in [7, 11) is 1.28. The van der Waals surface area contributed by atoms with Crippen molar-refractivity contribution >= 4 is 45.9 Å². The topological polar surface area (TPSA) is 109 Å². The van der Waals surface area contributed by atoms with Crippen molar-refractivity contribution in [2.45, 2.75) is 19.0 Å². The molecule has 9 heteroatoms. The van der Waals surface area contributed by atoms with Crippen molar-refractivity contribution in [3.63, 3.8) is 0 Å². The zero-order valence-electron chi connectivity index (χ0n) is 17.9. The summed E-state index contributed by atoms with van der Waals surface area (Å²) in [5, 5.41) is 4.11. The van der Waals surface area contributed by atoms with E-state index in [-0.39, 0.29) is 28.9 Å². The molecule has 2 heterocycles. The second-order valence-corrected chi connectivity index (χ2v) is 7.89. The third kappa shape index (κ3) is 4.35. The fraction of sp³-hybridized carbons (Fsp3) is 0.167. The van der Waals surface area contributed by atoms with Gasteiger partial charge in [-0.2, -0.15) is 0 Å². The fourth-order valence-electron chi connectivity index (χ4n) is 3.79. The summed E-state index contributed by atoms with van der Waals surface area (Å²) in [4.78, 5) is 44.2. The molecule has 0 aliphatic heterocycles. The number of aromatic nitrogens is 3. The molecule has 0 radical (unpaired) electrons. The van der Waals surface area contributed by atoms with E-state index < -0.39 is 17.9 Å². The molecule has 0 aliphatic carbocycles. The maximum atomic E-state index is 13.0. The van der Waals surface area contributed by atoms with Crippen molar-refractivity contribution in [1.29, 1.82) is 0 Å². The van der Waals surface area contributed by atoms with Gasteiger partial charge in [-0.25, -0.2) is 4.79 Å². The van der Waals surface area contributed by atoms with Crippen LogP contribution in [0.5, 0.6) is 0 Å². The van der Waals surface area contributed by atoms with E-state index in [4.69, 9.17) is 17.0 Å². The normalized spacial score (nSPS) is 11.9. The van der Waals surface area contributed by atoms with Crippen molar-refractivity contribution in [1.82, 2.24) is 19.9 Å². The van der Waals surface area contributed by atoms with Gasteiger partial charge in [0, 0.05) is 35.6 Å². The molecule has 1 atom stereocenters. The van der Waals surface area contributed by atoms with Crippen molar-refractivity contribution in [3.8, 4) is 0 Å². The fourth-order valence-corrected chi connectivity index (χ4v) is 4.06. The quantitative estimate of drug-likeness (QED) is 0.222. The number of para-hydroxylation sites is 1. The molecule has 8 nitrogen and oxygen atoms in total. The number of hydrogen-bond acceptors (Lipinski definition) is 5. The monoisotopic (exact) mass is 462 g/mol. The zero-order chi connectivity index (χ0) is 23.5. The number of H-pyrrole nitrogens is 2. The summed E-state index contributed by atoms with van der Waals surface area (Å²) in [6, 6.07) is 11.5. The van der Waals surface area contributed by atoms with Gasteiger partial charge in [0.25, 0.3) is 11.5 Å². The van der Waals surface area contributed by atoms with Crippen LogP contribution in [0.15, 0.2) is 66.1 Å². The van der Waals surface area contributed by atoms with Gasteiger partial charge in [0.1, 0.15) is 6.04 Å². The second-order valence-electron chi connectivity index (χ2n) is 7.51. The van der Waals surface area contributed by atoms with Gasteiger partial charge in [-0.1, -0.05) is 24.3 Å². The number of esters is 1. The molecule has 4 aromatic rings. The number of carbonyl (C=O) groups excluding carboxylic acids is 2. The van der Waals surface area contributed by atoms with Gasteiger partial charge in [0.2, 0.25) is 0 Å². The minimum absolute atomic E-state index is 0.233.